The number of hydrogen-bond acceptors (Lipinski definition) is 1. The van der Waals surface area contributed by atoms with Crippen LogP contribution in [0.2, 0.25) is 5.02 Å². The van der Waals surface area contributed by atoms with E-state index >= 15 is 0 Å². The lowest BCUT2D eigenvalue weighted by molar-refractivity contribution is 0.622. The normalized spacial score (nSPS) is 12.5. The van der Waals surface area contributed by atoms with Gasteiger partial charge in [-0.15, -0.1) is 0 Å². The number of benzene rings is 2. The monoisotopic (exact) mass is 341 g/mol. The van der Waals surface area contributed by atoms with Crippen molar-refractivity contribution in [1.82, 2.24) is 0 Å². The van der Waals surface area contributed by atoms with Crippen LogP contribution in [0.25, 0.3) is 0 Å². The lowest BCUT2D eigenvalue weighted by Crippen LogP contribution is -2.15. The maximum absolute atomic E-state index is 13.4. The molecule has 2 rings (SSSR count). The van der Waals surface area contributed by atoms with Crippen LogP contribution in [0.1, 0.15) is 22.7 Å². The second-order valence-electron chi connectivity index (χ2n) is 4.52. The molecule has 1 atom stereocenters. The van der Waals surface area contributed by atoms with Crippen LogP contribution in [-0.2, 0) is 6.42 Å². The largest absolute Gasteiger partial charge is 0.324 e. The highest BCUT2D eigenvalue weighted by Crippen LogP contribution is 2.27. The SMILES string of the molecule is Cc1cc(Br)ccc1C(N)Cc1cccc(F)c1Cl. The molecule has 1 unspecified atom stereocenters. The zero-order chi connectivity index (χ0) is 14.0. The van der Waals surface area contributed by atoms with Crippen LogP contribution in [-0.4, -0.2) is 0 Å². The Morgan fingerprint density at radius 2 is 2.05 bits per heavy atom. The third-order valence-corrected chi connectivity index (χ3v) is 4.02. The molecule has 0 aliphatic heterocycles. The first-order valence-electron chi connectivity index (χ1n) is 5.93. The Morgan fingerprint density at radius 3 is 2.74 bits per heavy atom. The van der Waals surface area contributed by atoms with Crippen molar-refractivity contribution in [1.29, 1.82) is 0 Å². The lowest BCUT2D eigenvalue weighted by atomic mass is 9.96. The van der Waals surface area contributed by atoms with E-state index in [4.69, 9.17) is 17.3 Å². The van der Waals surface area contributed by atoms with Crippen molar-refractivity contribution in [3.8, 4) is 0 Å². The lowest BCUT2D eigenvalue weighted by Gasteiger charge is -2.16. The summed E-state index contributed by atoms with van der Waals surface area (Å²) >= 11 is 9.37. The molecule has 0 aliphatic rings. The van der Waals surface area contributed by atoms with Crippen molar-refractivity contribution in [3.05, 3.63) is 68.4 Å². The molecule has 0 heterocycles. The third-order valence-electron chi connectivity index (χ3n) is 3.10. The van der Waals surface area contributed by atoms with E-state index in [9.17, 15) is 4.39 Å². The van der Waals surface area contributed by atoms with Gasteiger partial charge in [-0.05, 0) is 48.2 Å². The first kappa shape index (κ1) is 14.5. The van der Waals surface area contributed by atoms with Crippen LogP contribution in [0.15, 0.2) is 40.9 Å². The molecule has 19 heavy (non-hydrogen) atoms. The Hall–Kier alpha value is -0.900. The van der Waals surface area contributed by atoms with Gasteiger partial charge in [-0.3, -0.25) is 0 Å². The van der Waals surface area contributed by atoms with Crippen LogP contribution < -0.4 is 5.73 Å². The van der Waals surface area contributed by atoms with E-state index in [1.807, 2.05) is 25.1 Å². The summed E-state index contributed by atoms with van der Waals surface area (Å²) in [7, 11) is 0. The predicted octanol–water partition coefficient (Wildman–Crippen LogP) is 4.79. The van der Waals surface area contributed by atoms with Gasteiger partial charge in [0.05, 0.1) is 5.02 Å². The fourth-order valence-electron chi connectivity index (χ4n) is 2.11. The summed E-state index contributed by atoms with van der Waals surface area (Å²) in [6.07, 6.45) is 0.513. The minimum absolute atomic E-state index is 0.160. The van der Waals surface area contributed by atoms with Gasteiger partial charge >= 0.3 is 0 Å². The van der Waals surface area contributed by atoms with Crippen LogP contribution in [0.5, 0.6) is 0 Å². The molecule has 0 aromatic heterocycles. The van der Waals surface area contributed by atoms with Crippen molar-refractivity contribution < 1.29 is 4.39 Å². The molecule has 2 N–H and O–H groups in total. The average Bonchev–Trinajstić information content (AvgIpc) is 2.34. The Balaban J connectivity index is 2.25. The highest BCUT2D eigenvalue weighted by molar-refractivity contribution is 9.10. The van der Waals surface area contributed by atoms with Crippen LogP contribution in [0, 0.1) is 12.7 Å². The fourth-order valence-corrected chi connectivity index (χ4v) is 2.79. The standard InChI is InChI=1S/C15H14BrClFN/c1-9-7-11(16)5-6-12(9)14(19)8-10-3-2-4-13(18)15(10)17/h2-7,14H,8,19H2,1H3. The highest BCUT2D eigenvalue weighted by Gasteiger charge is 2.13. The summed E-state index contributed by atoms with van der Waals surface area (Å²) in [5.41, 5.74) is 9.08. The molecule has 0 saturated carbocycles. The van der Waals surface area contributed by atoms with Gasteiger partial charge in [0.25, 0.3) is 0 Å². The molecule has 0 radical (unpaired) electrons. The summed E-state index contributed by atoms with van der Waals surface area (Å²) in [5.74, 6) is -0.404. The molecule has 0 amide bonds. The maximum Gasteiger partial charge on any atom is 0.142 e. The molecular weight excluding hydrogens is 329 g/mol. The molecule has 0 aliphatic carbocycles. The smallest absolute Gasteiger partial charge is 0.142 e. The van der Waals surface area contributed by atoms with E-state index < -0.39 is 5.82 Å². The number of halogens is 3. The van der Waals surface area contributed by atoms with Gasteiger partial charge in [0.2, 0.25) is 0 Å². The second kappa shape index (κ2) is 6.04. The first-order chi connectivity index (χ1) is 8.99. The molecule has 100 valence electrons. The summed E-state index contributed by atoms with van der Waals surface area (Å²) in [6, 6.07) is 10.6. The Kier molecular flexibility index (Phi) is 4.61. The zero-order valence-electron chi connectivity index (χ0n) is 10.5. The van der Waals surface area contributed by atoms with Crippen molar-refractivity contribution in [2.45, 2.75) is 19.4 Å². The Labute approximate surface area is 125 Å². The molecule has 4 heteroatoms. The van der Waals surface area contributed by atoms with E-state index in [1.54, 1.807) is 12.1 Å². The summed E-state index contributed by atoms with van der Waals surface area (Å²) < 4.78 is 14.4. The quantitative estimate of drug-likeness (QED) is 0.852. The summed E-state index contributed by atoms with van der Waals surface area (Å²) in [5, 5.41) is 0.160. The van der Waals surface area contributed by atoms with E-state index in [1.165, 1.54) is 6.07 Å². The van der Waals surface area contributed by atoms with Gasteiger partial charge in [0, 0.05) is 10.5 Å². The van der Waals surface area contributed by atoms with Crippen molar-refractivity contribution in [2.75, 3.05) is 0 Å². The minimum Gasteiger partial charge on any atom is -0.324 e. The predicted molar refractivity (Wildman–Crippen MR) is 80.9 cm³/mol. The van der Waals surface area contributed by atoms with Gasteiger partial charge in [-0.2, -0.15) is 0 Å². The molecule has 1 nitrogen and oxygen atoms in total. The summed E-state index contributed by atoms with van der Waals surface area (Å²) in [6.45, 7) is 2.01. The van der Waals surface area contributed by atoms with Crippen LogP contribution >= 0.6 is 27.5 Å². The van der Waals surface area contributed by atoms with Gasteiger partial charge < -0.3 is 5.73 Å². The van der Waals surface area contributed by atoms with E-state index in [2.05, 4.69) is 15.9 Å². The maximum atomic E-state index is 13.4. The molecule has 0 saturated heterocycles. The molecular formula is C15H14BrClFN. The van der Waals surface area contributed by atoms with E-state index in [0.29, 0.717) is 6.42 Å². The second-order valence-corrected chi connectivity index (χ2v) is 5.82. The van der Waals surface area contributed by atoms with Crippen LogP contribution in [0.4, 0.5) is 4.39 Å². The van der Waals surface area contributed by atoms with Crippen molar-refractivity contribution in [2.24, 2.45) is 5.73 Å². The van der Waals surface area contributed by atoms with Gasteiger partial charge in [0.15, 0.2) is 0 Å². The zero-order valence-corrected chi connectivity index (χ0v) is 12.8. The van der Waals surface area contributed by atoms with Gasteiger partial charge in [0.1, 0.15) is 5.82 Å². The molecule has 2 aromatic rings. The van der Waals surface area contributed by atoms with Crippen molar-refractivity contribution in [3.63, 3.8) is 0 Å². The number of aryl methyl sites for hydroxylation is 1. The molecule has 0 fully saturated rings. The number of hydrogen-bond donors (Lipinski definition) is 1. The Morgan fingerprint density at radius 1 is 1.32 bits per heavy atom. The van der Waals surface area contributed by atoms with E-state index in [-0.39, 0.29) is 11.1 Å². The molecule has 0 spiro atoms. The van der Waals surface area contributed by atoms with E-state index in [0.717, 1.165) is 21.2 Å². The average molecular weight is 343 g/mol. The van der Waals surface area contributed by atoms with Gasteiger partial charge in [-0.1, -0.05) is 45.7 Å². The Bertz CT molecular complexity index is 601. The van der Waals surface area contributed by atoms with Gasteiger partial charge in [-0.25, -0.2) is 4.39 Å². The fraction of sp³-hybridized carbons (Fsp3) is 0.200. The topological polar surface area (TPSA) is 26.0 Å². The first-order valence-corrected chi connectivity index (χ1v) is 7.10. The van der Waals surface area contributed by atoms with Crippen LogP contribution in [0.3, 0.4) is 0 Å². The number of rotatable bonds is 3. The molecule has 0 bridgehead atoms. The highest BCUT2D eigenvalue weighted by atomic mass is 79.9. The summed E-state index contributed by atoms with van der Waals surface area (Å²) in [4.78, 5) is 0. The number of nitrogens with two attached hydrogens (primary N) is 1. The minimum atomic E-state index is -0.404. The molecule has 2 aromatic carbocycles. The third kappa shape index (κ3) is 3.35. The van der Waals surface area contributed by atoms with Crippen molar-refractivity contribution >= 4 is 27.5 Å².